The molecule has 1 unspecified atom stereocenters. The topological polar surface area (TPSA) is 46.6 Å². The summed E-state index contributed by atoms with van der Waals surface area (Å²) in [6.07, 6.45) is 4.95. The second-order valence-electron chi connectivity index (χ2n) is 5.90. The molecule has 1 atom stereocenters. The molecular formula is C18H21Cl2NO3. The molecule has 1 amide bonds. The van der Waals surface area contributed by atoms with Gasteiger partial charge in [0, 0.05) is 5.70 Å². The molecule has 4 nitrogen and oxygen atoms in total. The maximum Gasteiger partial charge on any atom is 0.352 e. The first-order valence-electron chi connectivity index (χ1n) is 7.90. The van der Waals surface area contributed by atoms with E-state index in [1.807, 2.05) is 36.4 Å². The highest BCUT2D eigenvalue weighted by molar-refractivity contribution is 6.67. The number of hydrogen-bond acceptors (Lipinski definition) is 3. The molecular weight excluding hydrogens is 349 g/mol. The highest BCUT2D eigenvalue weighted by Crippen LogP contribution is 2.33. The minimum atomic E-state index is -2.26. The zero-order chi connectivity index (χ0) is 17.7. The number of allylic oxidation sites excluding steroid dienone is 2. The quantitative estimate of drug-likeness (QED) is 0.446. The Bertz CT molecular complexity index is 628. The summed E-state index contributed by atoms with van der Waals surface area (Å²) in [4.78, 5) is 26.3. The van der Waals surface area contributed by atoms with Gasteiger partial charge in [-0.3, -0.25) is 4.79 Å². The van der Waals surface area contributed by atoms with Gasteiger partial charge in [-0.25, -0.2) is 4.79 Å². The van der Waals surface area contributed by atoms with Crippen LogP contribution in [0.25, 0.3) is 0 Å². The maximum absolute atomic E-state index is 12.9. The first-order chi connectivity index (χ1) is 11.4. The van der Waals surface area contributed by atoms with Crippen LogP contribution in [0.4, 0.5) is 0 Å². The number of amides is 1. The number of esters is 1. The van der Waals surface area contributed by atoms with Crippen molar-refractivity contribution in [3.05, 3.63) is 47.7 Å². The van der Waals surface area contributed by atoms with Crippen LogP contribution >= 0.6 is 23.2 Å². The van der Waals surface area contributed by atoms with Crippen LogP contribution in [0, 0.1) is 5.92 Å². The Balaban J connectivity index is 2.37. The zero-order valence-electron chi connectivity index (χ0n) is 13.8. The lowest BCUT2D eigenvalue weighted by atomic mass is 9.92. The summed E-state index contributed by atoms with van der Waals surface area (Å²) in [6, 6.07) is 9.52. The fourth-order valence-corrected chi connectivity index (χ4v) is 3.19. The van der Waals surface area contributed by atoms with Gasteiger partial charge in [-0.15, -0.1) is 0 Å². The van der Waals surface area contributed by atoms with Gasteiger partial charge in [0.15, 0.2) is 0 Å². The Morgan fingerprint density at radius 3 is 2.54 bits per heavy atom. The predicted octanol–water partition coefficient (Wildman–Crippen LogP) is 4.07. The van der Waals surface area contributed by atoms with Crippen LogP contribution in [-0.2, 0) is 20.9 Å². The monoisotopic (exact) mass is 369 g/mol. The molecule has 0 spiro atoms. The lowest BCUT2D eigenvalue weighted by Crippen LogP contribution is -2.47. The third-order valence-corrected chi connectivity index (χ3v) is 4.78. The van der Waals surface area contributed by atoms with Crippen molar-refractivity contribution in [3.8, 4) is 0 Å². The summed E-state index contributed by atoms with van der Waals surface area (Å²) in [5.74, 6) is -1.47. The van der Waals surface area contributed by atoms with E-state index in [0.717, 1.165) is 37.6 Å². The van der Waals surface area contributed by atoms with Gasteiger partial charge in [-0.05, 0) is 30.7 Å². The van der Waals surface area contributed by atoms with Crippen LogP contribution in [0.15, 0.2) is 42.1 Å². The molecule has 0 bridgehead atoms. The van der Waals surface area contributed by atoms with Crippen LogP contribution < -0.4 is 0 Å². The Labute approximate surface area is 152 Å². The molecule has 0 radical (unpaired) electrons. The molecule has 0 aromatic heterocycles. The zero-order valence-corrected chi connectivity index (χ0v) is 15.3. The number of hydrogen-bond donors (Lipinski definition) is 0. The van der Waals surface area contributed by atoms with E-state index in [-0.39, 0.29) is 5.92 Å². The first-order valence-corrected chi connectivity index (χ1v) is 8.65. The van der Waals surface area contributed by atoms with E-state index < -0.39 is 16.2 Å². The molecule has 0 fully saturated rings. The normalized spacial score (nSPS) is 17.8. The first kappa shape index (κ1) is 18.8. The summed E-state index contributed by atoms with van der Waals surface area (Å²) < 4.78 is 2.32. The van der Waals surface area contributed by atoms with Crippen molar-refractivity contribution in [1.82, 2.24) is 4.90 Å². The molecule has 0 N–H and O–H groups in total. The van der Waals surface area contributed by atoms with Crippen molar-refractivity contribution in [1.29, 1.82) is 0 Å². The van der Waals surface area contributed by atoms with Crippen molar-refractivity contribution in [2.75, 3.05) is 7.11 Å². The molecule has 0 aliphatic heterocycles. The molecule has 1 aliphatic carbocycles. The third kappa shape index (κ3) is 4.11. The molecule has 1 aromatic carbocycles. The van der Waals surface area contributed by atoms with Crippen LogP contribution in [-0.4, -0.2) is 28.2 Å². The molecule has 130 valence electrons. The van der Waals surface area contributed by atoms with Gasteiger partial charge in [-0.2, -0.15) is 0 Å². The van der Waals surface area contributed by atoms with Gasteiger partial charge in [0.2, 0.25) is 0 Å². The summed E-state index contributed by atoms with van der Waals surface area (Å²) in [6.45, 7) is 2.35. The second kappa shape index (κ2) is 8.04. The number of halogens is 2. The highest BCUT2D eigenvalue weighted by Gasteiger charge is 2.47. The summed E-state index contributed by atoms with van der Waals surface area (Å²) in [7, 11) is 1.15. The van der Waals surface area contributed by atoms with E-state index in [1.54, 1.807) is 0 Å². The van der Waals surface area contributed by atoms with Crippen molar-refractivity contribution in [2.45, 2.75) is 37.1 Å². The Hall–Kier alpha value is -1.52. The summed E-state index contributed by atoms with van der Waals surface area (Å²) in [5.41, 5.74) is 1.78. The number of methoxy groups -OCH3 is 1. The average molecular weight is 370 g/mol. The lowest BCUT2D eigenvalue weighted by molar-refractivity contribution is -0.147. The van der Waals surface area contributed by atoms with Crippen LogP contribution in [0.5, 0.6) is 0 Å². The minimum absolute atomic E-state index is 0.188. The highest BCUT2D eigenvalue weighted by atomic mass is 35.5. The van der Waals surface area contributed by atoms with Gasteiger partial charge < -0.3 is 9.64 Å². The minimum Gasteiger partial charge on any atom is -0.466 e. The van der Waals surface area contributed by atoms with Crippen LogP contribution in [0.1, 0.15) is 31.7 Å². The number of carbonyl (C=O) groups is 2. The van der Waals surface area contributed by atoms with E-state index in [9.17, 15) is 9.59 Å². The van der Waals surface area contributed by atoms with Crippen molar-refractivity contribution in [2.24, 2.45) is 5.92 Å². The number of carbonyl (C=O) groups excluding carboxylic acids is 2. The standard InChI is InChI=1S/C18H21Cl2NO3/c1-13-8-6-7-11-15(13)21(12-14-9-4-3-5-10-14)16(22)18(19,20)17(23)24-2/h3-5,9-11,13H,6-8,12H2,1-2H3. The van der Waals surface area contributed by atoms with E-state index in [0.29, 0.717) is 6.54 Å². The van der Waals surface area contributed by atoms with Crippen molar-refractivity contribution >= 4 is 35.1 Å². The molecule has 1 aliphatic rings. The van der Waals surface area contributed by atoms with Crippen molar-refractivity contribution in [3.63, 3.8) is 0 Å². The molecule has 6 heteroatoms. The van der Waals surface area contributed by atoms with Gasteiger partial charge in [0.05, 0.1) is 13.7 Å². The number of nitrogens with zero attached hydrogens (tertiary/aromatic N) is 1. The number of alkyl halides is 2. The molecule has 0 heterocycles. The average Bonchev–Trinajstić information content (AvgIpc) is 2.60. The maximum atomic E-state index is 12.9. The Kier molecular flexibility index (Phi) is 6.30. The number of rotatable bonds is 5. The molecule has 2 rings (SSSR count). The fourth-order valence-electron chi connectivity index (χ4n) is 2.83. The molecule has 0 saturated heterocycles. The van der Waals surface area contributed by atoms with Gasteiger partial charge in [-0.1, -0.05) is 66.5 Å². The molecule has 0 saturated carbocycles. The van der Waals surface area contributed by atoms with E-state index >= 15 is 0 Å². The van der Waals surface area contributed by atoms with Crippen LogP contribution in [0.2, 0.25) is 0 Å². The number of ether oxygens (including phenoxy) is 1. The number of benzene rings is 1. The van der Waals surface area contributed by atoms with Gasteiger partial charge in [0.25, 0.3) is 10.2 Å². The van der Waals surface area contributed by atoms with Gasteiger partial charge >= 0.3 is 5.97 Å². The smallest absolute Gasteiger partial charge is 0.352 e. The fraction of sp³-hybridized carbons (Fsp3) is 0.444. The third-order valence-electron chi connectivity index (χ3n) is 4.15. The van der Waals surface area contributed by atoms with Gasteiger partial charge in [0.1, 0.15) is 0 Å². The predicted molar refractivity (Wildman–Crippen MR) is 94.5 cm³/mol. The van der Waals surface area contributed by atoms with Crippen LogP contribution in [0.3, 0.4) is 0 Å². The summed E-state index contributed by atoms with van der Waals surface area (Å²) >= 11 is 12.1. The van der Waals surface area contributed by atoms with E-state index in [1.165, 1.54) is 4.90 Å². The van der Waals surface area contributed by atoms with E-state index in [2.05, 4.69) is 11.7 Å². The molecule has 24 heavy (non-hydrogen) atoms. The largest absolute Gasteiger partial charge is 0.466 e. The van der Waals surface area contributed by atoms with E-state index in [4.69, 9.17) is 23.2 Å². The lowest BCUT2D eigenvalue weighted by Gasteiger charge is -2.34. The molecule has 1 aromatic rings. The van der Waals surface area contributed by atoms with Crippen molar-refractivity contribution < 1.29 is 14.3 Å². The SMILES string of the molecule is COC(=O)C(Cl)(Cl)C(=O)N(Cc1ccccc1)C1=CCCCC1C. The summed E-state index contributed by atoms with van der Waals surface area (Å²) in [5, 5.41) is 0. The Morgan fingerprint density at radius 1 is 1.29 bits per heavy atom. The Morgan fingerprint density at radius 2 is 1.96 bits per heavy atom. The second-order valence-corrected chi connectivity index (χ2v) is 7.23.